The van der Waals surface area contributed by atoms with Crippen LogP contribution >= 0.6 is 27.3 Å². The molecule has 4 rings (SSSR count). The van der Waals surface area contributed by atoms with Crippen molar-refractivity contribution in [2.75, 3.05) is 18.4 Å². The minimum absolute atomic E-state index is 0.151. The number of halogens is 1. The van der Waals surface area contributed by atoms with E-state index in [1.165, 1.54) is 0 Å². The van der Waals surface area contributed by atoms with Crippen molar-refractivity contribution in [1.29, 1.82) is 0 Å². The van der Waals surface area contributed by atoms with E-state index in [9.17, 15) is 4.79 Å². The van der Waals surface area contributed by atoms with Gasteiger partial charge in [0.05, 0.1) is 12.1 Å². The van der Waals surface area contributed by atoms with E-state index in [1.54, 1.807) is 11.3 Å². The lowest BCUT2D eigenvalue weighted by molar-refractivity contribution is -0.129. The van der Waals surface area contributed by atoms with Gasteiger partial charge in [-0.05, 0) is 30.7 Å². The van der Waals surface area contributed by atoms with Gasteiger partial charge in [0.2, 0.25) is 5.91 Å². The van der Waals surface area contributed by atoms with Gasteiger partial charge in [0.25, 0.3) is 0 Å². The fourth-order valence-corrected chi connectivity index (χ4v) is 4.50. The number of thiazole rings is 1. The molecular formula is C21H20BrN3OS. The van der Waals surface area contributed by atoms with Crippen LogP contribution in [0, 0.1) is 0 Å². The number of benzene rings is 2. The standard InChI is InChI=1S/C21H20BrN3OS/c22-16-6-4-5-15(11-16)21-24-19(14-27-21)12-20(26)25-10-9-18(13-25)23-17-7-2-1-3-8-17/h1-8,11,14,18,23H,9-10,12-13H2. The van der Waals surface area contributed by atoms with E-state index in [4.69, 9.17) is 0 Å². The highest BCUT2D eigenvalue weighted by molar-refractivity contribution is 9.10. The molecule has 1 N–H and O–H groups in total. The highest BCUT2D eigenvalue weighted by atomic mass is 79.9. The van der Waals surface area contributed by atoms with Gasteiger partial charge in [0, 0.05) is 40.2 Å². The van der Waals surface area contributed by atoms with Crippen LogP contribution in [0.3, 0.4) is 0 Å². The molecule has 0 aliphatic carbocycles. The van der Waals surface area contributed by atoms with Gasteiger partial charge in [-0.25, -0.2) is 4.98 Å². The summed E-state index contributed by atoms with van der Waals surface area (Å²) in [6, 6.07) is 18.5. The molecule has 1 aromatic heterocycles. The molecule has 0 saturated carbocycles. The molecule has 1 aliphatic heterocycles. The van der Waals surface area contributed by atoms with Crippen molar-refractivity contribution in [2.45, 2.75) is 18.9 Å². The molecular weight excluding hydrogens is 422 g/mol. The van der Waals surface area contributed by atoms with Gasteiger partial charge < -0.3 is 10.2 Å². The minimum Gasteiger partial charge on any atom is -0.380 e. The summed E-state index contributed by atoms with van der Waals surface area (Å²) < 4.78 is 1.03. The zero-order chi connectivity index (χ0) is 18.6. The number of anilines is 1. The lowest BCUT2D eigenvalue weighted by atomic mass is 10.2. The number of hydrogen-bond donors (Lipinski definition) is 1. The third kappa shape index (κ3) is 4.57. The Bertz CT molecular complexity index is 928. The lowest BCUT2D eigenvalue weighted by Gasteiger charge is -2.17. The third-order valence-corrected chi connectivity index (χ3v) is 6.07. The molecule has 1 fully saturated rings. The number of aromatic nitrogens is 1. The summed E-state index contributed by atoms with van der Waals surface area (Å²) >= 11 is 5.07. The Kier molecular flexibility index (Phi) is 5.55. The van der Waals surface area contributed by atoms with Crippen LogP contribution in [-0.2, 0) is 11.2 Å². The number of hydrogen-bond acceptors (Lipinski definition) is 4. The van der Waals surface area contributed by atoms with Crippen molar-refractivity contribution in [3.8, 4) is 10.6 Å². The molecule has 0 bridgehead atoms. The van der Waals surface area contributed by atoms with Gasteiger partial charge in [0.1, 0.15) is 5.01 Å². The molecule has 27 heavy (non-hydrogen) atoms. The second-order valence-electron chi connectivity index (χ2n) is 6.67. The molecule has 1 amide bonds. The summed E-state index contributed by atoms with van der Waals surface area (Å²) in [7, 11) is 0. The fraction of sp³-hybridized carbons (Fsp3) is 0.238. The van der Waals surface area contributed by atoms with E-state index < -0.39 is 0 Å². The van der Waals surface area contributed by atoms with E-state index in [0.717, 1.165) is 45.9 Å². The van der Waals surface area contributed by atoms with Gasteiger partial charge in [-0.2, -0.15) is 0 Å². The quantitative estimate of drug-likeness (QED) is 0.616. The smallest absolute Gasteiger partial charge is 0.228 e. The first-order valence-electron chi connectivity index (χ1n) is 8.97. The first-order chi connectivity index (χ1) is 13.2. The van der Waals surface area contributed by atoms with Crippen molar-refractivity contribution < 1.29 is 4.79 Å². The number of amides is 1. The molecule has 2 heterocycles. The van der Waals surface area contributed by atoms with Crippen molar-refractivity contribution in [2.24, 2.45) is 0 Å². The molecule has 0 radical (unpaired) electrons. The van der Waals surface area contributed by atoms with Crippen LogP contribution in [-0.4, -0.2) is 34.9 Å². The Balaban J connectivity index is 1.35. The largest absolute Gasteiger partial charge is 0.380 e. The van der Waals surface area contributed by atoms with E-state index >= 15 is 0 Å². The molecule has 4 nitrogen and oxygen atoms in total. The Labute approximate surface area is 171 Å². The summed E-state index contributed by atoms with van der Waals surface area (Å²) in [5, 5.41) is 6.45. The Hall–Kier alpha value is -2.18. The molecule has 1 atom stereocenters. The maximum atomic E-state index is 12.7. The average molecular weight is 442 g/mol. The number of carbonyl (C=O) groups excluding carboxylic acids is 1. The number of likely N-dealkylation sites (tertiary alicyclic amines) is 1. The number of carbonyl (C=O) groups is 1. The zero-order valence-electron chi connectivity index (χ0n) is 14.8. The molecule has 3 aromatic rings. The lowest BCUT2D eigenvalue weighted by Crippen LogP contribution is -2.32. The Morgan fingerprint density at radius 1 is 1.22 bits per heavy atom. The molecule has 1 unspecified atom stereocenters. The maximum Gasteiger partial charge on any atom is 0.228 e. The van der Waals surface area contributed by atoms with Crippen LogP contribution < -0.4 is 5.32 Å². The van der Waals surface area contributed by atoms with Crippen LogP contribution in [0.15, 0.2) is 64.5 Å². The summed E-state index contributed by atoms with van der Waals surface area (Å²) in [6.07, 6.45) is 1.34. The molecule has 138 valence electrons. The third-order valence-electron chi connectivity index (χ3n) is 4.64. The normalized spacial score (nSPS) is 16.5. The van der Waals surface area contributed by atoms with Gasteiger partial charge in [-0.1, -0.05) is 46.3 Å². The number of para-hydroxylation sites is 1. The van der Waals surface area contributed by atoms with Crippen molar-refractivity contribution in [1.82, 2.24) is 9.88 Å². The van der Waals surface area contributed by atoms with Crippen molar-refractivity contribution in [3.63, 3.8) is 0 Å². The van der Waals surface area contributed by atoms with Crippen molar-refractivity contribution >= 4 is 38.9 Å². The highest BCUT2D eigenvalue weighted by Crippen LogP contribution is 2.26. The average Bonchev–Trinajstić information content (AvgIpc) is 3.32. The van der Waals surface area contributed by atoms with Crippen LogP contribution in [0.4, 0.5) is 5.69 Å². The predicted molar refractivity (Wildman–Crippen MR) is 114 cm³/mol. The van der Waals surface area contributed by atoms with Gasteiger partial charge >= 0.3 is 0 Å². The van der Waals surface area contributed by atoms with E-state index in [0.29, 0.717) is 12.5 Å². The minimum atomic E-state index is 0.151. The second kappa shape index (κ2) is 8.23. The zero-order valence-corrected chi connectivity index (χ0v) is 17.2. The summed E-state index contributed by atoms with van der Waals surface area (Å²) in [6.45, 7) is 1.54. The first-order valence-corrected chi connectivity index (χ1v) is 10.6. The topological polar surface area (TPSA) is 45.2 Å². The Morgan fingerprint density at radius 2 is 2.07 bits per heavy atom. The van der Waals surface area contributed by atoms with Crippen molar-refractivity contribution in [3.05, 3.63) is 70.1 Å². The van der Waals surface area contributed by atoms with Crippen LogP contribution in [0.25, 0.3) is 10.6 Å². The fourth-order valence-electron chi connectivity index (χ4n) is 3.28. The molecule has 1 aliphatic rings. The van der Waals surface area contributed by atoms with Crippen LogP contribution in [0.1, 0.15) is 12.1 Å². The number of rotatable bonds is 5. The molecule has 6 heteroatoms. The van der Waals surface area contributed by atoms with E-state index in [2.05, 4.69) is 38.4 Å². The van der Waals surface area contributed by atoms with Crippen LogP contribution in [0.2, 0.25) is 0 Å². The van der Waals surface area contributed by atoms with E-state index in [1.807, 2.05) is 52.7 Å². The second-order valence-corrected chi connectivity index (χ2v) is 8.44. The molecule has 1 saturated heterocycles. The number of nitrogens with zero attached hydrogens (tertiary/aromatic N) is 2. The van der Waals surface area contributed by atoms with Crippen LogP contribution in [0.5, 0.6) is 0 Å². The Morgan fingerprint density at radius 3 is 2.89 bits per heavy atom. The summed E-state index contributed by atoms with van der Waals surface area (Å²) in [4.78, 5) is 19.3. The molecule has 0 spiro atoms. The maximum absolute atomic E-state index is 12.7. The summed E-state index contributed by atoms with van der Waals surface area (Å²) in [5.74, 6) is 0.151. The van der Waals surface area contributed by atoms with Gasteiger partial charge in [-0.15, -0.1) is 11.3 Å². The predicted octanol–water partition coefficient (Wildman–Crippen LogP) is 4.83. The SMILES string of the molecule is O=C(Cc1csc(-c2cccc(Br)c2)n1)N1CCC(Nc2ccccc2)C1. The number of nitrogens with one attached hydrogen (secondary N) is 1. The van der Waals surface area contributed by atoms with Gasteiger partial charge in [-0.3, -0.25) is 4.79 Å². The first kappa shape index (κ1) is 18.2. The monoisotopic (exact) mass is 441 g/mol. The summed E-state index contributed by atoms with van der Waals surface area (Å²) in [5.41, 5.74) is 3.02. The highest BCUT2D eigenvalue weighted by Gasteiger charge is 2.26. The van der Waals surface area contributed by atoms with Gasteiger partial charge in [0.15, 0.2) is 0 Å². The molecule has 2 aromatic carbocycles. The van der Waals surface area contributed by atoms with E-state index in [-0.39, 0.29) is 5.91 Å².